The van der Waals surface area contributed by atoms with Crippen molar-refractivity contribution in [1.82, 2.24) is 42.1 Å². The Morgan fingerprint density at radius 3 is 1.84 bits per heavy atom. The third-order valence-electron chi connectivity index (χ3n) is 14.8. The number of carboxylic acid groups (broad SMARTS) is 1. The maximum Gasteiger partial charge on any atom is 0.326 e. The maximum atomic E-state index is 14.3. The van der Waals surface area contributed by atoms with Gasteiger partial charge in [-0.25, -0.2) is 9.79 Å². The summed E-state index contributed by atoms with van der Waals surface area (Å²) in [5.74, 6) is -5.54. The summed E-state index contributed by atoms with van der Waals surface area (Å²) < 4.78 is 13.3. The Kier molecular flexibility index (Phi) is 25.1. The third kappa shape index (κ3) is 20.0. The van der Waals surface area contributed by atoms with Crippen molar-refractivity contribution in [1.29, 1.82) is 0 Å². The van der Waals surface area contributed by atoms with E-state index in [-0.39, 0.29) is 54.1 Å². The van der Waals surface area contributed by atoms with Crippen molar-refractivity contribution in [2.75, 3.05) is 37.7 Å². The van der Waals surface area contributed by atoms with E-state index in [9.17, 15) is 43.5 Å². The first-order valence-electron chi connectivity index (χ1n) is 28.9. The van der Waals surface area contributed by atoms with Gasteiger partial charge in [0.2, 0.25) is 41.4 Å². The largest absolute Gasteiger partial charge is 0.480 e. The first-order valence-corrected chi connectivity index (χ1v) is 32.0. The molecule has 2 aliphatic heterocycles. The average molecular weight is 1210 g/mol. The highest BCUT2D eigenvalue weighted by molar-refractivity contribution is 8.00. The van der Waals surface area contributed by atoms with E-state index >= 15 is 0 Å². The molecule has 458 valence electrons. The van der Waals surface area contributed by atoms with Gasteiger partial charge in [0.15, 0.2) is 5.96 Å². The van der Waals surface area contributed by atoms with E-state index in [2.05, 4.69) is 111 Å². The van der Waals surface area contributed by atoms with Gasteiger partial charge in [0.05, 0.1) is 44.1 Å². The lowest BCUT2D eigenvalue weighted by Crippen LogP contribution is -2.67. The molecular weight excluding hydrogens is 1120 g/mol. The van der Waals surface area contributed by atoms with Crippen molar-refractivity contribution < 1.29 is 52.6 Å². The Hall–Kier alpha value is -7.60. The number of carbonyl (C=O) groups is 8. The molecule has 1 saturated heterocycles. The Morgan fingerprint density at radius 1 is 0.706 bits per heavy atom. The van der Waals surface area contributed by atoms with Crippen LogP contribution in [-0.4, -0.2) is 158 Å². The van der Waals surface area contributed by atoms with Crippen LogP contribution in [0.3, 0.4) is 0 Å². The highest BCUT2D eigenvalue weighted by Crippen LogP contribution is 2.37. The van der Waals surface area contributed by atoms with Crippen molar-refractivity contribution in [3.63, 3.8) is 0 Å². The molecule has 2 unspecified atom stereocenters. The second kappa shape index (κ2) is 32.1. The number of ether oxygens (including phenoxy) is 1. The summed E-state index contributed by atoms with van der Waals surface area (Å²) in [4.78, 5) is 114. The first-order chi connectivity index (χ1) is 40.5. The van der Waals surface area contributed by atoms with Gasteiger partial charge in [-0.05, 0) is 65.6 Å². The molecule has 21 nitrogen and oxygen atoms in total. The molecule has 4 aromatic carbocycles. The summed E-state index contributed by atoms with van der Waals surface area (Å²) in [5, 5.41) is 31.2. The Labute approximate surface area is 503 Å². The van der Waals surface area contributed by atoms with Gasteiger partial charge in [-0.1, -0.05) is 156 Å². The number of thioether (sulfide) groups is 1. The van der Waals surface area contributed by atoms with Crippen LogP contribution >= 0.6 is 11.8 Å². The topological polar surface area (TPSA) is 301 Å². The number of guanidine groups is 1. The van der Waals surface area contributed by atoms with E-state index in [0.717, 1.165) is 37.5 Å². The predicted molar refractivity (Wildman–Crippen MR) is 330 cm³/mol. The molecule has 1 fully saturated rings. The fraction of sp³-hybridized carbons (Fsp3) is 0.468. The SMILES string of the molecule is CC(C)C[C@H](NC(=O)[C@@H](NC(=O)[C@H](C)NC(=O)CNC(=O)CSCC1CCN2CCC(CO[Si](c3ccccc3)(c3ccccc3)C(C)(C)C)N=C2N1)[C@@H](C)OCc1ccccc1)C(=O)N[C@@H](CC(N)=O)C(=O)N[C@@H](Cc1ccccc1)C(=O)O. The zero-order chi connectivity index (χ0) is 61.7. The quantitative estimate of drug-likeness (QED) is 0.0328. The Bertz CT molecular complexity index is 2870. The van der Waals surface area contributed by atoms with Gasteiger partial charge in [-0.3, -0.25) is 33.6 Å². The molecule has 0 aromatic heterocycles. The van der Waals surface area contributed by atoms with Crippen LogP contribution in [0.5, 0.6) is 0 Å². The number of nitrogens with two attached hydrogens (primary N) is 1. The minimum Gasteiger partial charge on any atom is -0.480 e. The molecule has 7 amide bonds. The number of primary amides is 1. The van der Waals surface area contributed by atoms with E-state index in [1.807, 2.05) is 42.5 Å². The molecule has 2 heterocycles. The number of hydrogen-bond donors (Lipinski definition) is 9. The molecule has 4 aromatic rings. The number of benzene rings is 4. The molecule has 2 aliphatic rings. The summed E-state index contributed by atoms with van der Waals surface area (Å²) in [7, 11) is -2.75. The number of carbonyl (C=O) groups excluding carboxylic acids is 7. The number of hydrogen-bond acceptors (Lipinski definition) is 14. The van der Waals surface area contributed by atoms with Gasteiger partial charge in [0, 0.05) is 31.3 Å². The number of nitrogens with one attached hydrogen (secondary N) is 7. The molecular formula is C62H84N10O11SSi. The number of amides is 7. The Balaban J connectivity index is 1.01. The normalized spacial score (nSPS) is 17.2. The number of nitrogens with zero attached hydrogens (tertiary/aromatic N) is 2. The van der Waals surface area contributed by atoms with Crippen LogP contribution in [0.2, 0.25) is 5.04 Å². The van der Waals surface area contributed by atoms with Crippen molar-refractivity contribution in [3.8, 4) is 0 Å². The van der Waals surface area contributed by atoms with Gasteiger partial charge < -0.3 is 62.1 Å². The molecule has 0 radical (unpaired) electrons. The number of carboxylic acids is 1. The average Bonchev–Trinajstić information content (AvgIpc) is 1.46. The fourth-order valence-corrected chi connectivity index (χ4v) is 15.8. The second-order valence-electron chi connectivity index (χ2n) is 23.1. The summed E-state index contributed by atoms with van der Waals surface area (Å²) in [6.45, 7) is 15.1. The van der Waals surface area contributed by atoms with Crippen LogP contribution in [0.4, 0.5) is 0 Å². The molecule has 0 saturated carbocycles. The lowest BCUT2D eigenvalue weighted by molar-refractivity contribution is -0.142. The van der Waals surface area contributed by atoms with Crippen LogP contribution in [0.25, 0.3) is 0 Å². The summed E-state index contributed by atoms with van der Waals surface area (Å²) >= 11 is 1.43. The number of fused-ring (bicyclic) bond motifs is 1. The van der Waals surface area contributed by atoms with Gasteiger partial charge in [0.25, 0.3) is 8.32 Å². The molecule has 10 N–H and O–H groups in total. The van der Waals surface area contributed by atoms with Crippen LogP contribution in [0.1, 0.15) is 85.3 Å². The highest BCUT2D eigenvalue weighted by atomic mass is 32.2. The van der Waals surface area contributed by atoms with E-state index in [1.54, 1.807) is 51.1 Å². The van der Waals surface area contributed by atoms with Crippen LogP contribution in [0, 0.1) is 5.92 Å². The minimum atomic E-state index is -2.75. The zero-order valence-corrected chi connectivity index (χ0v) is 51.5. The van der Waals surface area contributed by atoms with Crippen LogP contribution in [0.15, 0.2) is 126 Å². The van der Waals surface area contributed by atoms with Gasteiger partial charge in [-0.2, -0.15) is 0 Å². The van der Waals surface area contributed by atoms with Gasteiger partial charge >= 0.3 is 5.97 Å². The third-order valence-corrected chi connectivity index (χ3v) is 20.9. The van der Waals surface area contributed by atoms with E-state index in [4.69, 9.17) is 19.9 Å². The van der Waals surface area contributed by atoms with Gasteiger partial charge in [0.1, 0.15) is 30.2 Å². The zero-order valence-electron chi connectivity index (χ0n) is 49.6. The molecule has 23 heteroatoms. The molecule has 0 aliphatic carbocycles. The van der Waals surface area contributed by atoms with E-state index < -0.39 is 99.0 Å². The van der Waals surface area contributed by atoms with E-state index in [0.29, 0.717) is 17.9 Å². The summed E-state index contributed by atoms with van der Waals surface area (Å²) in [6, 6.07) is 31.7. The standard InChI is InChI=1S/C62H84N10O11SSi/c1-40(2)32-49(57(77)68-50(34-52(63)73)58(78)70-51(60(80)81)33-43-20-12-8-13-21-43)69-59(79)55(42(4)82-36-44-22-14-9-15-23-44)71-56(76)41(3)65-53(74)35-64-54(75)39-84-38-46-29-31-72-30-28-45(66-61(72)67-46)37-83-85(62(5,6)7,47-24-16-10-17-25-47)48-26-18-11-19-27-48/h8-27,40-42,45-46,49-51,55H,28-39H2,1-7H3,(H2,63,73)(H,64,75)(H,65,74)(H,66,67)(H,68,77)(H,69,79)(H,70,78)(H,71,76)(H,80,81)/t41-,42+,45?,46?,49-,50-,51-,55-/m0/s1. The van der Waals surface area contributed by atoms with Crippen LogP contribution < -0.4 is 53.3 Å². The summed E-state index contributed by atoms with van der Waals surface area (Å²) in [6.07, 6.45) is -0.0458. The molecule has 0 bridgehead atoms. The van der Waals surface area contributed by atoms with E-state index in [1.165, 1.54) is 29.1 Å². The number of rotatable bonds is 31. The van der Waals surface area contributed by atoms with Crippen LogP contribution in [-0.2, 0) is 60.5 Å². The van der Waals surface area contributed by atoms with Crippen molar-refractivity contribution in [2.45, 2.75) is 141 Å². The molecule has 85 heavy (non-hydrogen) atoms. The highest BCUT2D eigenvalue weighted by Gasteiger charge is 2.50. The number of aliphatic carboxylic acids is 1. The fourth-order valence-electron chi connectivity index (χ4n) is 10.3. The number of aliphatic imine (C=N–C) groups is 1. The first kappa shape index (κ1) is 66.5. The maximum absolute atomic E-state index is 14.3. The predicted octanol–water partition coefficient (Wildman–Crippen LogP) is 2.50. The van der Waals surface area contributed by atoms with Crippen molar-refractivity contribution >= 4 is 83.7 Å². The lowest BCUT2D eigenvalue weighted by Gasteiger charge is -2.44. The Morgan fingerprint density at radius 2 is 1.26 bits per heavy atom. The van der Waals surface area contributed by atoms with Gasteiger partial charge in [-0.15, -0.1) is 11.8 Å². The molecule has 0 spiro atoms. The van der Waals surface area contributed by atoms with Crippen molar-refractivity contribution in [3.05, 3.63) is 132 Å². The molecule has 8 atom stereocenters. The monoisotopic (exact) mass is 1200 g/mol. The van der Waals surface area contributed by atoms with Crippen molar-refractivity contribution in [2.24, 2.45) is 16.6 Å². The molecule has 6 rings (SSSR count). The smallest absolute Gasteiger partial charge is 0.326 e. The second-order valence-corrected chi connectivity index (χ2v) is 28.4. The minimum absolute atomic E-state index is 0.0272. The lowest BCUT2D eigenvalue weighted by atomic mass is 10.0. The summed E-state index contributed by atoms with van der Waals surface area (Å²) in [5.41, 5.74) is 6.85.